The van der Waals surface area contributed by atoms with Crippen molar-refractivity contribution in [2.75, 3.05) is 47.9 Å². The van der Waals surface area contributed by atoms with Gasteiger partial charge in [-0.1, -0.05) is 106 Å². The molecule has 0 spiro atoms. The SMILES string of the molecule is CN[C@@H]1C(=O)N[C@@H]2Cc3ccc(cc3)Oc3cc4cc(c3O[C@@H]3O[C@H](C(=O)OC)[C@@H](O)[C@H](O)[C@H]3NC(=O)CCCCCCCCC(C)C)Oc3ccc(cc3Cl)[C@@H](O)[C@@H]3NC(=O)[C@H](NC(=O)[C@@H]4NC(=O)[C@@H](NC2=O)c2cc(cc(O)c2Cl)Oc2cc1ccc2O)c1ccc(O)c(c1)-c1c(O[C@H]2O[C@H](CO)[C@@H](O)[C@H](O)[C@@H]2O)cc(O)cc1[C@@H](C(=O)NCCCN(C)C)NC3=O. The lowest BCUT2D eigenvalue weighted by atomic mass is 9.89. The largest absolute Gasteiger partial charge is 0.508 e. The van der Waals surface area contributed by atoms with Crippen molar-refractivity contribution in [2.45, 2.75) is 188 Å². The van der Waals surface area contributed by atoms with Gasteiger partial charge in [0.05, 0.1) is 23.8 Å². The zero-order valence-electron chi connectivity index (χ0n) is 70.7. The number of carbonyl (C=O) groups excluding carboxylic acids is 9. The van der Waals surface area contributed by atoms with Crippen molar-refractivity contribution in [3.63, 3.8) is 0 Å². The van der Waals surface area contributed by atoms with Crippen LogP contribution in [0.15, 0.2) is 115 Å². The summed E-state index contributed by atoms with van der Waals surface area (Å²) in [6.45, 7) is 3.64. The Morgan fingerprint density at radius 2 is 1.22 bits per heavy atom. The molecule has 7 aromatic rings. The number of benzene rings is 7. The number of likely N-dealkylation sites (N-methyl/N-ethyl adjacent to an activating group) is 1. The van der Waals surface area contributed by atoms with E-state index in [-0.39, 0.29) is 41.3 Å². The number of rotatable bonds is 22. The average molecular weight is 1830 g/mol. The number of methoxy groups -OCH3 is 1. The number of esters is 1. The van der Waals surface area contributed by atoms with Gasteiger partial charge in [0.25, 0.3) is 0 Å². The van der Waals surface area contributed by atoms with Crippen molar-refractivity contribution in [1.82, 2.24) is 52.8 Å². The summed E-state index contributed by atoms with van der Waals surface area (Å²) in [6.07, 6.45) is -15.1. The maximum absolute atomic E-state index is 16.9. The number of aliphatic hydroxyl groups is 7. The summed E-state index contributed by atoms with van der Waals surface area (Å²) >= 11 is 14.4. The maximum atomic E-state index is 16.9. The highest BCUT2D eigenvalue weighted by Gasteiger charge is 2.52. The lowest BCUT2D eigenvalue weighted by Crippen LogP contribution is -2.66. The summed E-state index contributed by atoms with van der Waals surface area (Å²) in [7, 11) is 5.94. The van der Waals surface area contributed by atoms with Crippen LogP contribution in [0.1, 0.15) is 147 Å². The van der Waals surface area contributed by atoms with Gasteiger partial charge in [-0.3, -0.25) is 38.4 Å². The Balaban J connectivity index is 1.04. The van der Waals surface area contributed by atoms with Crippen LogP contribution < -0.4 is 71.5 Å². The number of unbranched alkanes of at least 4 members (excludes halogenated alkanes) is 5. The molecular weight excluding hydrogens is 1730 g/mol. The number of nitrogens with one attached hydrogen (secondary N) is 9. The van der Waals surface area contributed by atoms with Gasteiger partial charge >= 0.3 is 5.97 Å². The molecule has 2 saturated heterocycles. The molecule has 129 heavy (non-hydrogen) atoms. The van der Waals surface area contributed by atoms with Crippen LogP contribution in [-0.2, 0) is 63.8 Å². The van der Waals surface area contributed by atoms with Gasteiger partial charge in [0.15, 0.2) is 29.1 Å². The zero-order valence-corrected chi connectivity index (χ0v) is 72.2. The summed E-state index contributed by atoms with van der Waals surface area (Å²) in [5, 5.41) is 151. The first kappa shape index (κ1) is 94.7. The van der Waals surface area contributed by atoms with E-state index in [0.717, 1.165) is 106 Å². The van der Waals surface area contributed by atoms with Gasteiger partial charge in [-0.15, -0.1) is 0 Å². The van der Waals surface area contributed by atoms with Crippen LogP contribution in [0.4, 0.5) is 0 Å². The second-order valence-corrected chi connectivity index (χ2v) is 33.7. The maximum Gasteiger partial charge on any atom is 0.337 e. The molecule has 17 bridgehead atoms. The highest BCUT2D eigenvalue weighted by atomic mass is 35.5. The molecule has 0 saturated carbocycles. The first-order chi connectivity index (χ1) is 61.6. The highest BCUT2D eigenvalue weighted by molar-refractivity contribution is 6.33. The fourth-order valence-corrected chi connectivity index (χ4v) is 16.5. The van der Waals surface area contributed by atoms with Gasteiger partial charge in [-0.2, -0.15) is 0 Å². The summed E-state index contributed by atoms with van der Waals surface area (Å²) in [4.78, 5) is 141. The first-order valence-electron chi connectivity index (χ1n) is 41.9. The molecule has 7 aromatic carbocycles. The van der Waals surface area contributed by atoms with Crippen molar-refractivity contribution in [3.8, 4) is 80.1 Å². The molecule has 690 valence electrons. The standard InChI is InChI=1S/C89H102Cl2N10O28/c1-39(2)14-11-9-7-8-10-12-15-62(107)95-71-74(110)76(112)79(87(121)122-6)129-88(71)128-78-59-32-44-33-60(78)125-56-25-20-43(30-51(56)90)72(108)70-86(120)99-68(81(115)93-26-13-27-101(4)5)49-34-45(103)35-58(126-89-77(113)75(111)73(109)61(38-102)127-89)63(49)48-29-41(18-23-53(48)104)66(83(117)100-70)96-84(118)67(44)97-85(119)69-50-36-47(37-55(106)64(50)91)124-57-31-42(19-24-54(57)105)65(92-3)82(116)94-52(80(114)98-69)28-40-16-21-46(123-59)22-17-40/h16-25,29-37,39,52,61,65-77,79,88-89,92,102-106,108-113H,7-15,26-28,38H2,1-6H3,(H,93,115)(H,94,116)(H,95,107)(H,96,118)(H,97,119)(H,98,114)(H,99,120)(H,100,117)/t52-,61-,65+,66-,67-,68+,69+,70+,71-,72-,73-,74-,75+,76+,77+,79+,88-,89+/m1/s1. The van der Waals surface area contributed by atoms with E-state index in [1.165, 1.54) is 55.6 Å². The number of halogens is 2. The van der Waals surface area contributed by atoms with Crippen molar-refractivity contribution in [1.29, 1.82) is 0 Å². The molecule has 38 nitrogen and oxygen atoms in total. The van der Waals surface area contributed by atoms with E-state index in [1.807, 2.05) is 4.90 Å². The van der Waals surface area contributed by atoms with Crippen molar-refractivity contribution in [3.05, 3.63) is 164 Å². The minimum absolute atomic E-state index is 0.0897. The molecule has 0 radical (unpaired) electrons. The molecule has 20 N–H and O–H groups in total. The van der Waals surface area contributed by atoms with Gasteiger partial charge in [-0.25, -0.2) is 4.79 Å². The number of amides is 8. The number of ether oxygens (including phenoxy) is 8. The van der Waals surface area contributed by atoms with Crippen LogP contribution >= 0.6 is 23.2 Å². The lowest BCUT2D eigenvalue weighted by Gasteiger charge is -2.41. The van der Waals surface area contributed by atoms with E-state index in [0.29, 0.717) is 37.3 Å². The van der Waals surface area contributed by atoms with E-state index in [2.05, 4.69) is 61.7 Å². The smallest absolute Gasteiger partial charge is 0.337 e. The van der Waals surface area contributed by atoms with E-state index in [9.17, 15) is 70.6 Å². The number of aromatic hydroxyl groups is 4. The van der Waals surface area contributed by atoms with Gasteiger partial charge in [-0.05, 0) is 153 Å². The Kier molecular flexibility index (Phi) is 30.3. The molecule has 15 rings (SSSR count). The molecule has 18 atom stereocenters. The lowest BCUT2D eigenvalue weighted by molar-refractivity contribution is -0.277. The summed E-state index contributed by atoms with van der Waals surface area (Å²) in [5.41, 5.74) is -2.58. The van der Waals surface area contributed by atoms with Gasteiger partial charge in [0.2, 0.25) is 65.6 Å². The predicted molar refractivity (Wildman–Crippen MR) is 456 cm³/mol. The van der Waals surface area contributed by atoms with E-state index < -0.39 is 271 Å². The number of phenolic OH excluding ortho intramolecular Hbond substituents is 4. The Hall–Kier alpha value is -11.9. The quantitative estimate of drug-likeness (QED) is 0.0333. The van der Waals surface area contributed by atoms with Crippen molar-refractivity contribution >= 4 is 76.4 Å². The molecule has 8 aliphatic heterocycles. The van der Waals surface area contributed by atoms with Crippen LogP contribution in [0.2, 0.25) is 10.0 Å². The Morgan fingerprint density at radius 3 is 1.91 bits per heavy atom. The number of nitrogens with zero attached hydrogens (tertiary/aromatic N) is 1. The third kappa shape index (κ3) is 21.5. The van der Waals surface area contributed by atoms with E-state index >= 15 is 28.8 Å². The minimum atomic E-state index is -2.44. The number of fused-ring (bicyclic) bond motifs is 14. The molecule has 8 aliphatic rings. The topological polar surface area (TPSA) is 562 Å². The molecular formula is C89H102Cl2N10O28. The number of hydrogen-bond acceptors (Lipinski definition) is 30. The predicted octanol–water partition coefficient (Wildman–Crippen LogP) is 4.26. The second-order valence-electron chi connectivity index (χ2n) is 32.9. The van der Waals surface area contributed by atoms with Crippen molar-refractivity contribution in [2.24, 2.45) is 5.92 Å². The number of carbonyl (C=O) groups is 9. The fourth-order valence-electron chi connectivity index (χ4n) is 16.0. The highest BCUT2D eigenvalue weighted by Crippen LogP contribution is 2.51. The average Bonchev–Trinajstić information content (AvgIpc) is 0.766. The third-order valence-electron chi connectivity index (χ3n) is 22.9. The van der Waals surface area contributed by atoms with Crippen LogP contribution in [0, 0.1) is 5.92 Å². The summed E-state index contributed by atoms with van der Waals surface area (Å²) in [6, 6.07) is 6.07. The van der Waals surface area contributed by atoms with Gasteiger partial charge in [0.1, 0.15) is 131 Å². The number of aliphatic hydroxyl groups excluding tert-OH is 7. The molecule has 0 unspecified atom stereocenters. The molecule has 0 aromatic heterocycles. The molecule has 0 aliphatic carbocycles. The van der Waals surface area contributed by atoms with E-state index in [1.54, 1.807) is 14.1 Å². The molecule has 40 heteroatoms. The summed E-state index contributed by atoms with van der Waals surface area (Å²) in [5.74, 6) is -16.6. The van der Waals surface area contributed by atoms with Gasteiger partial charge in [0, 0.05) is 48.2 Å². The Morgan fingerprint density at radius 1 is 0.566 bits per heavy atom. The van der Waals surface area contributed by atoms with Crippen LogP contribution in [0.3, 0.4) is 0 Å². The monoisotopic (exact) mass is 1830 g/mol. The zero-order chi connectivity index (χ0) is 92.7. The van der Waals surface area contributed by atoms with Crippen LogP contribution in [0.5, 0.6) is 69.0 Å². The van der Waals surface area contributed by atoms with E-state index in [4.69, 9.17) is 61.1 Å². The second kappa shape index (κ2) is 41.3. The minimum Gasteiger partial charge on any atom is -0.508 e. The first-order valence-corrected chi connectivity index (χ1v) is 42.6. The molecule has 8 amide bonds. The Bertz CT molecular complexity index is 5360. The Labute approximate surface area is 748 Å². The molecule has 2 fully saturated rings. The third-order valence-corrected chi connectivity index (χ3v) is 23.6. The van der Waals surface area contributed by atoms with Crippen LogP contribution in [-0.4, -0.2) is 236 Å². The number of hydrogen-bond donors (Lipinski definition) is 20. The normalized spacial score (nSPS) is 25.7. The summed E-state index contributed by atoms with van der Waals surface area (Å²) < 4.78 is 50.0. The number of phenols is 4. The fraction of sp³-hybridized carbons (Fsp3) is 0.427. The van der Waals surface area contributed by atoms with Crippen LogP contribution in [0.25, 0.3) is 11.1 Å². The van der Waals surface area contributed by atoms with Crippen molar-refractivity contribution < 1.29 is 137 Å². The molecule has 8 heterocycles. The van der Waals surface area contributed by atoms with Gasteiger partial charge < -0.3 is 147 Å².